The molecule has 160 valence electrons. The van der Waals surface area contributed by atoms with E-state index in [1.807, 2.05) is 0 Å². The molecule has 0 spiro atoms. The maximum Gasteiger partial charge on any atom is -0.00608 e. The molecule has 0 N–H and O–H groups in total. The van der Waals surface area contributed by atoms with E-state index >= 15 is 0 Å². The van der Waals surface area contributed by atoms with Gasteiger partial charge < -0.3 is 0 Å². The number of hydrogen-bond donors (Lipinski definition) is 0. The Labute approximate surface area is 189 Å². The molecule has 0 nitrogen and oxygen atoms in total. The van der Waals surface area contributed by atoms with Gasteiger partial charge in [-0.05, 0) is 81.0 Å². The molecular weight excluding hydrogens is 391 g/mol. The van der Waals surface area contributed by atoms with Crippen LogP contribution >= 0.6 is 7.92 Å². The van der Waals surface area contributed by atoms with Gasteiger partial charge in [0.15, 0.2) is 0 Å². The van der Waals surface area contributed by atoms with Gasteiger partial charge in [0.05, 0.1) is 0 Å². The third-order valence-electron chi connectivity index (χ3n) is 7.07. The van der Waals surface area contributed by atoms with Crippen LogP contribution in [0.3, 0.4) is 0 Å². The number of aryl methyl sites for hydroxylation is 1. The van der Waals surface area contributed by atoms with Crippen molar-refractivity contribution in [2.45, 2.75) is 64.9 Å². The zero-order valence-corrected chi connectivity index (χ0v) is 20.5. The summed E-state index contributed by atoms with van der Waals surface area (Å²) in [6, 6.07) is 27.2. The third kappa shape index (κ3) is 4.28. The van der Waals surface area contributed by atoms with E-state index in [-0.39, 0.29) is 7.92 Å². The van der Waals surface area contributed by atoms with E-state index in [1.165, 1.54) is 62.8 Å². The Kier molecular flexibility index (Phi) is 6.78. The van der Waals surface area contributed by atoms with Crippen molar-refractivity contribution in [2.75, 3.05) is 0 Å². The summed E-state index contributed by atoms with van der Waals surface area (Å²) < 4.78 is 0. The Bertz CT molecular complexity index is 1180. The summed E-state index contributed by atoms with van der Waals surface area (Å²) in [5.41, 5.74) is 7.37. The van der Waals surface area contributed by atoms with E-state index in [0.717, 1.165) is 11.3 Å². The lowest BCUT2D eigenvalue weighted by molar-refractivity contribution is 0.828. The average Bonchev–Trinajstić information content (AvgIpc) is 2.81. The standard InChI is InChI=1S/C30H35P/c1-6-22(4)31(23(5)7-2)20-26-19-18-25-13-9-11-15-28(25)30(26)29-21(3)16-17-24-12-8-10-14-27(24)29/h8-19,22-23H,6-7,20H2,1-5H3/t22-,23-/m0/s1. The molecule has 0 saturated carbocycles. The summed E-state index contributed by atoms with van der Waals surface area (Å²) in [6.07, 6.45) is 3.75. The van der Waals surface area contributed by atoms with Crippen LogP contribution in [0.4, 0.5) is 0 Å². The molecule has 0 aromatic heterocycles. The van der Waals surface area contributed by atoms with Crippen LogP contribution in [-0.4, -0.2) is 11.3 Å². The zero-order chi connectivity index (χ0) is 22.0. The van der Waals surface area contributed by atoms with Crippen molar-refractivity contribution in [3.8, 4) is 11.1 Å². The Morgan fingerprint density at radius 3 is 1.74 bits per heavy atom. The lowest BCUT2D eigenvalue weighted by Crippen LogP contribution is -2.11. The first-order valence-electron chi connectivity index (χ1n) is 11.8. The molecule has 4 rings (SSSR count). The lowest BCUT2D eigenvalue weighted by Gasteiger charge is -2.31. The van der Waals surface area contributed by atoms with Gasteiger partial charge in [-0.1, -0.05) is 108 Å². The molecule has 0 aliphatic carbocycles. The van der Waals surface area contributed by atoms with Crippen LogP contribution in [-0.2, 0) is 6.16 Å². The molecule has 4 aromatic rings. The fourth-order valence-corrected chi connectivity index (χ4v) is 7.96. The topological polar surface area (TPSA) is 0 Å². The quantitative estimate of drug-likeness (QED) is 0.258. The molecule has 1 heteroatoms. The van der Waals surface area contributed by atoms with Crippen LogP contribution in [0.1, 0.15) is 51.7 Å². The van der Waals surface area contributed by atoms with Gasteiger partial charge in [-0.15, -0.1) is 0 Å². The fraction of sp³-hybridized carbons (Fsp3) is 0.333. The van der Waals surface area contributed by atoms with Gasteiger partial charge in [-0.3, -0.25) is 0 Å². The predicted molar refractivity (Wildman–Crippen MR) is 142 cm³/mol. The third-order valence-corrected chi connectivity index (χ3v) is 10.8. The molecule has 31 heavy (non-hydrogen) atoms. The van der Waals surface area contributed by atoms with E-state index in [1.54, 1.807) is 0 Å². The summed E-state index contributed by atoms with van der Waals surface area (Å²) >= 11 is 0. The van der Waals surface area contributed by atoms with Crippen molar-refractivity contribution in [3.63, 3.8) is 0 Å². The monoisotopic (exact) mass is 426 g/mol. The van der Waals surface area contributed by atoms with Crippen molar-refractivity contribution < 1.29 is 0 Å². The van der Waals surface area contributed by atoms with Gasteiger partial charge in [-0.2, -0.15) is 0 Å². The first-order valence-corrected chi connectivity index (χ1v) is 13.5. The van der Waals surface area contributed by atoms with Crippen LogP contribution in [0, 0.1) is 6.92 Å². The highest BCUT2D eigenvalue weighted by Gasteiger charge is 2.24. The average molecular weight is 427 g/mol. The Hall–Kier alpha value is -2.17. The highest BCUT2D eigenvalue weighted by Crippen LogP contribution is 2.53. The van der Waals surface area contributed by atoms with E-state index < -0.39 is 0 Å². The molecule has 2 atom stereocenters. The Balaban J connectivity index is 2.00. The Morgan fingerprint density at radius 1 is 0.645 bits per heavy atom. The zero-order valence-electron chi connectivity index (χ0n) is 19.7. The summed E-state index contributed by atoms with van der Waals surface area (Å²) in [5.74, 6) is 0. The molecule has 0 saturated heterocycles. The molecule has 0 amide bonds. The molecule has 0 aliphatic rings. The highest BCUT2D eigenvalue weighted by molar-refractivity contribution is 7.58. The number of benzene rings is 4. The van der Waals surface area contributed by atoms with E-state index in [9.17, 15) is 0 Å². The smallest absolute Gasteiger partial charge is 0.00608 e. The van der Waals surface area contributed by atoms with E-state index in [2.05, 4.69) is 107 Å². The molecule has 0 aliphatic heterocycles. The molecule has 4 aromatic carbocycles. The van der Waals surface area contributed by atoms with Crippen molar-refractivity contribution in [1.82, 2.24) is 0 Å². The van der Waals surface area contributed by atoms with Gasteiger partial charge in [0.25, 0.3) is 0 Å². The minimum atomic E-state index is -0.0744. The normalized spacial score (nSPS) is 13.7. The number of rotatable bonds is 7. The second-order valence-corrected chi connectivity index (χ2v) is 12.1. The van der Waals surface area contributed by atoms with Crippen molar-refractivity contribution in [1.29, 1.82) is 0 Å². The van der Waals surface area contributed by atoms with E-state index in [0.29, 0.717) is 0 Å². The maximum absolute atomic E-state index is 2.47. The number of fused-ring (bicyclic) bond motifs is 2. The molecular formula is C30H35P. The second kappa shape index (κ2) is 9.54. The fourth-order valence-electron chi connectivity index (χ4n) is 4.87. The number of hydrogen-bond acceptors (Lipinski definition) is 0. The maximum atomic E-state index is 2.47. The summed E-state index contributed by atoms with van der Waals surface area (Å²) in [6.45, 7) is 11.9. The largest absolute Gasteiger partial charge is 0.0964 e. The van der Waals surface area contributed by atoms with Crippen LogP contribution in [0.25, 0.3) is 32.7 Å². The van der Waals surface area contributed by atoms with Crippen LogP contribution in [0.15, 0.2) is 72.8 Å². The lowest BCUT2D eigenvalue weighted by atomic mass is 9.88. The first-order chi connectivity index (χ1) is 15.0. The minimum absolute atomic E-state index is 0.0744. The molecule has 0 heterocycles. The van der Waals surface area contributed by atoms with Gasteiger partial charge in [0.1, 0.15) is 0 Å². The van der Waals surface area contributed by atoms with Crippen LogP contribution < -0.4 is 0 Å². The summed E-state index contributed by atoms with van der Waals surface area (Å²) in [5, 5.41) is 5.43. The van der Waals surface area contributed by atoms with Gasteiger partial charge in [0.2, 0.25) is 0 Å². The van der Waals surface area contributed by atoms with Gasteiger partial charge >= 0.3 is 0 Å². The van der Waals surface area contributed by atoms with Crippen molar-refractivity contribution >= 4 is 29.5 Å². The van der Waals surface area contributed by atoms with Gasteiger partial charge in [-0.25, -0.2) is 0 Å². The van der Waals surface area contributed by atoms with E-state index in [4.69, 9.17) is 0 Å². The predicted octanol–water partition coefficient (Wildman–Crippen LogP) is 9.55. The molecule has 0 fully saturated rings. The van der Waals surface area contributed by atoms with Crippen molar-refractivity contribution in [2.24, 2.45) is 0 Å². The first kappa shape index (κ1) is 22.0. The second-order valence-electron chi connectivity index (χ2n) is 8.99. The summed E-state index contributed by atoms with van der Waals surface area (Å²) in [7, 11) is -0.0744. The molecule has 0 radical (unpaired) electrons. The highest BCUT2D eigenvalue weighted by atomic mass is 31.1. The summed E-state index contributed by atoms with van der Waals surface area (Å²) in [4.78, 5) is 0. The van der Waals surface area contributed by atoms with Gasteiger partial charge in [0, 0.05) is 0 Å². The molecule has 0 bridgehead atoms. The minimum Gasteiger partial charge on any atom is -0.0964 e. The SMILES string of the molecule is CC[C@H](C)P(Cc1ccc2ccccc2c1-c1c(C)ccc2ccccc12)[C@@H](C)CC. The molecule has 0 unspecified atom stereocenters. The van der Waals surface area contributed by atoms with Crippen LogP contribution in [0.5, 0.6) is 0 Å². The van der Waals surface area contributed by atoms with Crippen LogP contribution in [0.2, 0.25) is 0 Å². The Morgan fingerprint density at radius 2 is 1.16 bits per heavy atom. The van der Waals surface area contributed by atoms with Crippen molar-refractivity contribution in [3.05, 3.63) is 83.9 Å².